The number of benzene rings is 1. The third-order valence-electron chi connectivity index (χ3n) is 3.64. The van der Waals surface area contributed by atoms with Gasteiger partial charge in [-0.2, -0.15) is 0 Å². The zero-order valence-corrected chi connectivity index (χ0v) is 12.4. The molecule has 1 amide bonds. The number of rotatable bonds is 2. The molecule has 1 aromatic carbocycles. The molecule has 0 fully saturated rings. The van der Waals surface area contributed by atoms with Crippen molar-refractivity contribution in [3.63, 3.8) is 0 Å². The van der Waals surface area contributed by atoms with Crippen LogP contribution in [-0.4, -0.2) is 35.5 Å². The van der Waals surface area contributed by atoms with Crippen molar-refractivity contribution in [2.75, 3.05) is 18.6 Å². The number of ether oxygens (including phenoxy) is 1. The van der Waals surface area contributed by atoms with Crippen LogP contribution >= 0.6 is 0 Å². The molecule has 0 saturated carbocycles. The Balaban J connectivity index is 1.89. The average molecular weight is 297 g/mol. The number of anilines is 1. The van der Waals surface area contributed by atoms with Gasteiger partial charge in [0.1, 0.15) is 5.69 Å². The normalized spacial score (nSPS) is 12.9. The van der Waals surface area contributed by atoms with Crippen molar-refractivity contribution in [3.05, 3.63) is 53.1 Å². The number of hydrogen-bond donors (Lipinski definition) is 0. The van der Waals surface area contributed by atoms with Crippen molar-refractivity contribution < 1.29 is 14.3 Å². The van der Waals surface area contributed by atoms with Crippen molar-refractivity contribution >= 4 is 17.6 Å². The second-order valence-electron chi connectivity index (χ2n) is 5.08. The summed E-state index contributed by atoms with van der Waals surface area (Å²) in [5.41, 5.74) is 3.33. The van der Waals surface area contributed by atoms with Gasteiger partial charge in [-0.25, -0.2) is 9.78 Å². The lowest BCUT2D eigenvalue weighted by Crippen LogP contribution is -2.29. The van der Waals surface area contributed by atoms with Gasteiger partial charge in [-0.1, -0.05) is 0 Å². The summed E-state index contributed by atoms with van der Waals surface area (Å²) in [6.45, 7) is 2.38. The lowest BCUT2D eigenvalue weighted by Gasteiger charge is -2.16. The van der Waals surface area contributed by atoms with Crippen molar-refractivity contribution in [2.24, 2.45) is 0 Å². The number of esters is 1. The number of amides is 1. The highest BCUT2D eigenvalue weighted by atomic mass is 16.5. The second-order valence-corrected chi connectivity index (χ2v) is 5.08. The molecular weight excluding hydrogens is 282 g/mol. The molecule has 6 heteroatoms. The third kappa shape index (κ3) is 2.43. The van der Waals surface area contributed by atoms with Gasteiger partial charge in [0.05, 0.1) is 24.6 Å². The van der Waals surface area contributed by atoms with Gasteiger partial charge in [-0.15, -0.1) is 0 Å². The Labute approximate surface area is 127 Å². The first-order chi connectivity index (χ1) is 10.6. The molecule has 22 heavy (non-hydrogen) atoms. The zero-order chi connectivity index (χ0) is 15.7. The number of methoxy groups -OCH3 is 1. The Bertz CT molecular complexity index is 741. The highest BCUT2D eigenvalue weighted by Crippen LogP contribution is 2.30. The SMILES string of the molecule is COC(=O)c1ccc2c(c1)CCN2C(=O)c1cnc(C)cn1. The molecule has 0 aliphatic carbocycles. The summed E-state index contributed by atoms with van der Waals surface area (Å²) < 4.78 is 4.71. The summed E-state index contributed by atoms with van der Waals surface area (Å²) in [6, 6.07) is 5.21. The maximum absolute atomic E-state index is 12.5. The van der Waals surface area contributed by atoms with Crippen LogP contribution in [0.15, 0.2) is 30.6 Å². The quantitative estimate of drug-likeness (QED) is 0.790. The topological polar surface area (TPSA) is 72.4 Å². The number of fused-ring (bicyclic) bond motifs is 1. The fraction of sp³-hybridized carbons (Fsp3) is 0.250. The first kappa shape index (κ1) is 14.2. The van der Waals surface area contributed by atoms with E-state index in [1.807, 2.05) is 6.92 Å². The number of aryl methyl sites for hydroxylation is 1. The Hall–Kier alpha value is -2.76. The lowest BCUT2D eigenvalue weighted by atomic mass is 10.1. The minimum absolute atomic E-state index is 0.183. The Kier molecular flexibility index (Phi) is 3.58. The molecule has 0 unspecified atom stereocenters. The van der Waals surface area contributed by atoms with Crippen LogP contribution in [0.2, 0.25) is 0 Å². The van der Waals surface area contributed by atoms with Gasteiger partial charge in [-0.05, 0) is 37.1 Å². The minimum Gasteiger partial charge on any atom is -0.465 e. The van der Waals surface area contributed by atoms with Gasteiger partial charge in [0.15, 0.2) is 0 Å². The van der Waals surface area contributed by atoms with E-state index in [2.05, 4.69) is 9.97 Å². The molecule has 0 saturated heterocycles. The van der Waals surface area contributed by atoms with Gasteiger partial charge in [-0.3, -0.25) is 9.78 Å². The van der Waals surface area contributed by atoms with E-state index in [4.69, 9.17) is 4.74 Å². The van der Waals surface area contributed by atoms with E-state index in [0.717, 1.165) is 16.9 Å². The smallest absolute Gasteiger partial charge is 0.337 e. The molecule has 2 heterocycles. The van der Waals surface area contributed by atoms with Gasteiger partial charge in [0.2, 0.25) is 0 Å². The molecule has 1 aliphatic rings. The van der Waals surface area contributed by atoms with Crippen LogP contribution in [0.25, 0.3) is 0 Å². The van der Waals surface area contributed by atoms with Crippen LogP contribution in [0, 0.1) is 6.92 Å². The van der Waals surface area contributed by atoms with Gasteiger partial charge < -0.3 is 9.64 Å². The lowest BCUT2D eigenvalue weighted by molar-refractivity contribution is 0.0600. The van der Waals surface area contributed by atoms with E-state index in [0.29, 0.717) is 24.2 Å². The van der Waals surface area contributed by atoms with E-state index in [1.54, 1.807) is 29.3 Å². The molecule has 0 spiro atoms. The molecule has 0 bridgehead atoms. The molecule has 3 rings (SSSR count). The van der Waals surface area contributed by atoms with Crippen molar-refractivity contribution in [3.8, 4) is 0 Å². The number of carbonyl (C=O) groups excluding carboxylic acids is 2. The summed E-state index contributed by atoms with van der Waals surface area (Å²) in [6.07, 6.45) is 3.76. The summed E-state index contributed by atoms with van der Waals surface area (Å²) in [5.74, 6) is -0.561. The molecule has 0 atom stereocenters. The minimum atomic E-state index is -0.378. The van der Waals surface area contributed by atoms with Gasteiger partial charge in [0.25, 0.3) is 5.91 Å². The zero-order valence-electron chi connectivity index (χ0n) is 12.4. The average Bonchev–Trinajstić information content (AvgIpc) is 2.97. The van der Waals surface area contributed by atoms with E-state index < -0.39 is 0 Å². The summed E-state index contributed by atoms with van der Waals surface area (Å²) in [7, 11) is 1.35. The molecule has 0 radical (unpaired) electrons. The van der Waals surface area contributed by atoms with E-state index >= 15 is 0 Å². The van der Waals surface area contributed by atoms with Crippen LogP contribution in [-0.2, 0) is 11.2 Å². The monoisotopic (exact) mass is 297 g/mol. The van der Waals surface area contributed by atoms with Gasteiger partial charge >= 0.3 is 5.97 Å². The standard InChI is InChI=1S/C16H15N3O3/c1-10-8-18-13(9-17-10)15(20)19-6-5-11-7-12(16(21)22-2)3-4-14(11)19/h3-4,7-9H,5-6H2,1-2H3. The van der Waals surface area contributed by atoms with Crippen LogP contribution in [0.1, 0.15) is 32.1 Å². The highest BCUT2D eigenvalue weighted by molar-refractivity contribution is 6.06. The molecular formula is C16H15N3O3. The predicted molar refractivity (Wildman–Crippen MR) is 79.9 cm³/mol. The summed E-state index contributed by atoms with van der Waals surface area (Å²) in [5, 5.41) is 0. The van der Waals surface area contributed by atoms with Crippen molar-refractivity contribution in [1.29, 1.82) is 0 Å². The predicted octanol–water partition coefficient (Wildman–Crippen LogP) is 1.77. The maximum Gasteiger partial charge on any atom is 0.337 e. The van der Waals surface area contributed by atoms with Crippen molar-refractivity contribution in [1.82, 2.24) is 9.97 Å². The summed E-state index contributed by atoms with van der Waals surface area (Å²) >= 11 is 0. The molecule has 112 valence electrons. The molecule has 1 aliphatic heterocycles. The van der Waals surface area contributed by atoms with Gasteiger partial charge in [0, 0.05) is 18.4 Å². The van der Waals surface area contributed by atoms with Crippen molar-refractivity contribution in [2.45, 2.75) is 13.3 Å². The Morgan fingerprint density at radius 2 is 2.05 bits per heavy atom. The first-order valence-electron chi connectivity index (χ1n) is 6.92. The third-order valence-corrected chi connectivity index (χ3v) is 3.64. The van der Waals surface area contributed by atoms with Crippen LogP contribution in [0.5, 0.6) is 0 Å². The van der Waals surface area contributed by atoms with Crippen LogP contribution < -0.4 is 4.90 Å². The van der Waals surface area contributed by atoms with Crippen LogP contribution in [0.3, 0.4) is 0 Å². The number of aromatic nitrogens is 2. The Morgan fingerprint density at radius 1 is 1.23 bits per heavy atom. The molecule has 1 aromatic heterocycles. The maximum atomic E-state index is 12.5. The van der Waals surface area contributed by atoms with E-state index in [1.165, 1.54) is 13.3 Å². The molecule has 6 nitrogen and oxygen atoms in total. The Morgan fingerprint density at radius 3 is 2.73 bits per heavy atom. The number of hydrogen-bond acceptors (Lipinski definition) is 5. The highest BCUT2D eigenvalue weighted by Gasteiger charge is 2.27. The number of nitrogens with zero attached hydrogens (tertiary/aromatic N) is 3. The number of carbonyl (C=O) groups is 2. The second kappa shape index (κ2) is 5.55. The molecule has 2 aromatic rings. The van der Waals surface area contributed by atoms with E-state index in [-0.39, 0.29) is 11.9 Å². The summed E-state index contributed by atoms with van der Waals surface area (Å²) in [4.78, 5) is 34.0. The van der Waals surface area contributed by atoms with Crippen LogP contribution in [0.4, 0.5) is 5.69 Å². The largest absolute Gasteiger partial charge is 0.465 e. The fourth-order valence-corrected chi connectivity index (χ4v) is 2.50. The van der Waals surface area contributed by atoms with E-state index in [9.17, 15) is 9.59 Å². The fourth-order valence-electron chi connectivity index (χ4n) is 2.50. The first-order valence-corrected chi connectivity index (χ1v) is 6.92. The molecule has 0 N–H and O–H groups in total.